The van der Waals surface area contributed by atoms with Gasteiger partial charge in [-0.05, 0) is 48.9 Å². The highest BCUT2D eigenvalue weighted by atomic mass is 79.9. The topological polar surface area (TPSA) is 50.4 Å². The first kappa shape index (κ1) is 14.5. The monoisotopic (exact) mass is 347 g/mol. The van der Waals surface area contributed by atoms with Crippen molar-refractivity contribution in [3.63, 3.8) is 0 Å². The summed E-state index contributed by atoms with van der Waals surface area (Å²) >= 11 is 3.54. The van der Waals surface area contributed by atoms with Gasteiger partial charge in [0.05, 0.1) is 5.69 Å². The van der Waals surface area contributed by atoms with E-state index in [9.17, 15) is 5.11 Å². The molecule has 0 fully saturated rings. The van der Waals surface area contributed by atoms with Crippen LogP contribution < -0.4 is 0 Å². The Morgan fingerprint density at radius 2 is 1.95 bits per heavy atom. The van der Waals surface area contributed by atoms with Gasteiger partial charge in [0.15, 0.2) is 5.65 Å². The van der Waals surface area contributed by atoms with Gasteiger partial charge in [-0.1, -0.05) is 29.8 Å². The summed E-state index contributed by atoms with van der Waals surface area (Å²) in [6.45, 7) is 7.85. The molecule has 4 nitrogen and oxygen atoms in total. The molecule has 0 aliphatic rings. The molecule has 0 unspecified atom stereocenters. The van der Waals surface area contributed by atoms with E-state index >= 15 is 0 Å². The van der Waals surface area contributed by atoms with Crippen LogP contribution in [0.5, 0.6) is 0 Å². The van der Waals surface area contributed by atoms with Crippen LogP contribution >= 0.6 is 15.9 Å². The molecule has 3 aromatic rings. The number of aromatic nitrogens is 3. The van der Waals surface area contributed by atoms with E-state index in [0.29, 0.717) is 0 Å². The molecule has 2 heterocycles. The maximum atomic E-state index is 10.7. The van der Waals surface area contributed by atoms with Gasteiger partial charge in [0.1, 0.15) is 11.9 Å². The Kier molecular flexibility index (Phi) is 3.30. The summed E-state index contributed by atoms with van der Waals surface area (Å²) in [6.07, 6.45) is 1.54. The summed E-state index contributed by atoms with van der Waals surface area (Å²) in [5.41, 5.74) is 1.69. The molecule has 3 rings (SSSR count). The molecule has 2 aromatic heterocycles. The van der Waals surface area contributed by atoms with Crippen LogP contribution in [-0.4, -0.2) is 19.7 Å². The molecule has 0 saturated carbocycles. The number of benzene rings is 1. The summed E-state index contributed by atoms with van der Waals surface area (Å²) in [5.74, 6) is 0.261. The van der Waals surface area contributed by atoms with Crippen LogP contribution in [0.3, 0.4) is 0 Å². The van der Waals surface area contributed by atoms with E-state index in [-0.39, 0.29) is 5.92 Å². The molecular weight excluding hydrogens is 330 g/mol. The molecule has 0 bridgehead atoms. The van der Waals surface area contributed by atoms with Gasteiger partial charge in [-0.2, -0.15) is 5.10 Å². The second-order valence-electron chi connectivity index (χ2n) is 6.16. The minimum Gasteiger partial charge on any atom is -0.384 e. The summed E-state index contributed by atoms with van der Waals surface area (Å²) in [5, 5.41) is 17.2. The van der Waals surface area contributed by atoms with Gasteiger partial charge in [-0.25, -0.2) is 9.50 Å². The Morgan fingerprint density at radius 3 is 2.57 bits per heavy atom. The van der Waals surface area contributed by atoms with E-state index in [1.807, 2.05) is 12.1 Å². The van der Waals surface area contributed by atoms with E-state index in [1.165, 1.54) is 6.33 Å². The fourth-order valence-electron chi connectivity index (χ4n) is 2.94. The summed E-state index contributed by atoms with van der Waals surface area (Å²) < 4.78 is 2.79. The molecule has 0 amide bonds. The summed E-state index contributed by atoms with van der Waals surface area (Å²) in [7, 11) is 0. The largest absolute Gasteiger partial charge is 0.384 e. The first-order chi connectivity index (χ1) is 9.80. The van der Waals surface area contributed by atoms with Gasteiger partial charge in [-0.3, -0.25) is 0 Å². The predicted octanol–water partition coefficient (Wildman–Crippen LogP) is 4.00. The lowest BCUT2D eigenvalue weighted by molar-refractivity contribution is 0.0703. The highest BCUT2D eigenvalue weighted by Crippen LogP contribution is 2.37. The first-order valence-corrected chi connectivity index (χ1v) is 7.77. The van der Waals surface area contributed by atoms with Crippen LogP contribution in [0, 0.1) is 0 Å². The molecule has 5 heteroatoms. The van der Waals surface area contributed by atoms with Crippen LogP contribution in [0.1, 0.15) is 44.9 Å². The number of pyridine rings is 1. The maximum absolute atomic E-state index is 10.7. The van der Waals surface area contributed by atoms with Gasteiger partial charge >= 0.3 is 0 Å². The molecule has 1 N–H and O–H groups in total. The van der Waals surface area contributed by atoms with Crippen LogP contribution in [0.4, 0.5) is 0 Å². The summed E-state index contributed by atoms with van der Waals surface area (Å²) in [4.78, 5) is 4.38. The predicted molar refractivity (Wildman–Crippen MR) is 87.5 cm³/mol. The quantitative estimate of drug-likeness (QED) is 0.762. The Morgan fingerprint density at radius 1 is 1.24 bits per heavy atom. The van der Waals surface area contributed by atoms with Crippen molar-refractivity contribution >= 4 is 32.3 Å². The van der Waals surface area contributed by atoms with Crippen LogP contribution in [-0.2, 0) is 5.60 Å². The second kappa shape index (κ2) is 4.78. The Bertz CT molecular complexity index is 831. The lowest BCUT2D eigenvalue weighted by Gasteiger charge is -2.26. The Labute approximate surface area is 131 Å². The number of fused-ring (bicyclic) bond motifs is 3. The van der Waals surface area contributed by atoms with E-state index < -0.39 is 5.60 Å². The van der Waals surface area contributed by atoms with Crippen molar-refractivity contribution in [1.29, 1.82) is 0 Å². The van der Waals surface area contributed by atoms with Crippen molar-refractivity contribution < 1.29 is 5.11 Å². The van der Waals surface area contributed by atoms with Crippen molar-refractivity contribution in [3.8, 4) is 0 Å². The number of hydrogen-bond donors (Lipinski definition) is 1. The number of nitrogens with zero attached hydrogens (tertiary/aromatic N) is 3. The van der Waals surface area contributed by atoms with E-state index in [0.717, 1.165) is 32.1 Å². The number of rotatable bonds is 2. The minimum absolute atomic E-state index is 0.261. The fraction of sp³-hybridized carbons (Fsp3) is 0.375. The molecule has 0 atom stereocenters. The maximum Gasteiger partial charge on any atom is 0.163 e. The van der Waals surface area contributed by atoms with Gasteiger partial charge in [0, 0.05) is 9.86 Å². The molecule has 110 valence electrons. The highest BCUT2D eigenvalue weighted by Gasteiger charge is 2.28. The average molecular weight is 348 g/mol. The molecule has 1 aromatic carbocycles. The van der Waals surface area contributed by atoms with Crippen molar-refractivity contribution in [1.82, 2.24) is 14.6 Å². The fourth-order valence-corrected chi connectivity index (χ4v) is 3.30. The zero-order valence-electron chi connectivity index (χ0n) is 12.6. The number of hydrogen-bond acceptors (Lipinski definition) is 3. The second-order valence-corrected chi connectivity index (χ2v) is 7.08. The molecule has 0 spiro atoms. The third-order valence-corrected chi connectivity index (χ3v) is 4.18. The van der Waals surface area contributed by atoms with E-state index in [4.69, 9.17) is 0 Å². The van der Waals surface area contributed by atoms with Gasteiger partial charge in [0.25, 0.3) is 0 Å². The van der Waals surface area contributed by atoms with E-state index in [2.05, 4.69) is 45.9 Å². The van der Waals surface area contributed by atoms with Crippen molar-refractivity contribution in [2.75, 3.05) is 0 Å². The van der Waals surface area contributed by atoms with Crippen molar-refractivity contribution in [2.24, 2.45) is 0 Å². The molecule has 0 aliphatic carbocycles. The molecule has 21 heavy (non-hydrogen) atoms. The van der Waals surface area contributed by atoms with Crippen molar-refractivity contribution in [3.05, 3.63) is 40.3 Å². The first-order valence-electron chi connectivity index (χ1n) is 6.98. The third kappa shape index (κ3) is 2.24. The van der Waals surface area contributed by atoms with Crippen molar-refractivity contribution in [2.45, 2.75) is 39.2 Å². The van der Waals surface area contributed by atoms with E-state index in [1.54, 1.807) is 18.4 Å². The minimum atomic E-state index is -0.998. The Hall–Kier alpha value is -1.46. The number of halogens is 1. The zero-order valence-corrected chi connectivity index (χ0v) is 14.1. The standard InChI is InChI=1S/C16H18BrN3O/c1-9(2)13-12-7-10(17)5-6-11(12)15-18-8-19-20(15)14(13)16(3,4)21/h5-9,21H,1-4H3. The number of aliphatic hydroxyl groups is 1. The normalized spacial score (nSPS) is 12.7. The van der Waals surface area contributed by atoms with Crippen LogP contribution in [0.15, 0.2) is 29.0 Å². The lowest BCUT2D eigenvalue weighted by atomic mass is 9.88. The smallest absolute Gasteiger partial charge is 0.163 e. The molecule has 0 saturated heterocycles. The molecule has 0 radical (unpaired) electrons. The Balaban J connectivity index is 2.63. The lowest BCUT2D eigenvalue weighted by Crippen LogP contribution is -2.24. The zero-order chi connectivity index (χ0) is 15.4. The van der Waals surface area contributed by atoms with Crippen LogP contribution in [0.25, 0.3) is 16.4 Å². The highest BCUT2D eigenvalue weighted by molar-refractivity contribution is 9.10. The van der Waals surface area contributed by atoms with Crippen LogP contribution in [0.2, 0.25) is 0 Å². The third-order valence-electron chi connectivity index (χ3n) is 3.68. The SMILES string of the molecule is CC(C)c1c(C(C)(C)O)n2ncnc2c2ccc(Br)cc12. The average Bonchev–Trinajstić information content (AvgIpc) is 2.83. The summed E-state index contributed by atoms with van der Waals surface area (Å²) in [6, 6.07) is 6.14. The van der Waals surface area contributed by atoms with Gasteiger partial charge < -0.3 is 5.11 Å². The van der Waals surface area contributed by atoms with Gasteiger partial charge in [-0.15, -0.1) is 0 Å². The molecular formula is C16H18BrN3O. The molecule has 0 aliphatic heterocycles. The van der Waals surface area contributed by atoms with Gasteiger partial charge in [0.2, 0.25) is 0 Å².